The number of hydrogen-bond acceptors (Lipinski definition) is 2. The summed E-state index contributed by atoms with van der Waals surface area (Å²) in [6.07, 6.45) is 3.53. The van der Waals surface area contributed by atoms with Gasteiger partial charge in [0.2, 0.25) is 0 Å². The lowest BCUT2D eigenvalue weighted by Crippen LogP contribution is -2.44. The number of likely N-dealkylation sites (N-methyl/N-ethyl adjacent to an activating group) is 1. The molecule has 116 valence electrons. The smallest absolute Gasteiger partial charge is 0.191 e. The molecule has 0 saturated carbocycles. The third-order valence-corrected chi connectivity index (χ3v) is 4.27. The summed E-state index contributed by atoms with van der Waals surface area (Å²) >= 11 is 5.89. The molecule has 1 aromatic carbocycles. The van der Waals surface area contributed by atoms with Gasteiger partial charge in [-0.3, -0.25) is 4.99 Å². The first-order valence-electron chi connectivity index (χ1n) is 7.58. The Labute approximate surface area is 132 Å². The number of likely N-dealkylation sites (tertiary alicyclic amines) is 1. The van der Waals surface area contributed by atoms with Gasteiger partial charge in [-0.1, -0.05) is 23.7 Å². The van der Waals surface area contributed by atoms with Crippen molar-refractivity contribution in [3.8, 4) is 0 Å². The van der Waals surface area contributed by atoms with Crippen molar-refractivity contribution in [1.29, 1.82) is 0 Å². The number of halogens is 1. The fourth-order valence-electron chi connectivity index (χ4n) is 2.65. The van der Waals surface area contributed by atoms with Crippen LogP contribution >= 0.6 is 11.6 Å². The predicted molar refractivity (Wildman–Crippen MR) is 90.2 cm³/mol. The highest BCUT2D eigenvalue weighted by atomic mass is 35.5. The third kappa shape index (κ3) is 5.21. The summed E-state index contributed by atoms with van der Waals surface area (Å²) < 4.78 is 0. The standard InChI is InChI=1S/C16H25ClN4/c1-18-16(20-12-15-4-3-11-21(15)2)19-10-9-13-5-7-14(17)8-6-13/h5-8,15H,3-4,9-12H2,1-2H3,(H2,18,19,20). The second-order valence-corrected chi connectivity index (χ2v) is 5.97. The summed E-state index contributed by atoms with van der Waals surface area (Å²) in [7, 11) is 4.01. The van der Waals surface area contributed by atoms with Crippen molar-refractivity contribution in [2.75, 3.05) is 33.7 Å². The van der Waals surface area contributed by atoms with Crippen LogP contribution in [0.3, 0.4) is 0 Å². The summed E-state index contributed by atoms with van der Waals surface area (Å²) in [5, 5.41) is 7.55. The SMILES string of the molecule is CN=C(NCCc1ccc(Cl)cc1)NCC1CCCN1C. The molecule has 0 aromatic heterocycles. The number of benzene rings is 1. The van der Waals surface area contributed by atoms with Crippen LogP contribution in [-0.2, 0) is 6.42 Å². The number of rotatable bonds is 5. The highest BCUT2D eigenvalue weighted by Gasteiger charge is 2.20. The van der Waals surface area contributed by atoms with Crippen molar-refractivity contribution in [1.82, 2.24) is 15.5 Å². The van der Waals surface area contributed by atoms with Crippen LogP contribution in [-0.4, -0.2) is 50.6 Å². The number of nitrogens with one attached hydrogen (secondary N) is 2. The van der Waals surface area contributed by atoms with Crippen LogP contribution < -0.4 is 10.6 Å². The van der Waals surface area contributed by atoms with E-state index in [1.807, 2.05) is 19.2 Å². The minimum absolute atomic E-state index is 0.625. The van der Waals surface area contributed by atoms with Gasteiger partial charge in [0.25, 0.3) is 0 Å². The molecule has 1 fully saturated rings. The molecule has 0 radical (unpaired) electrons. The molecule has 1 aliphatic rings. The van der Waals surface area contributed by atoms with E-state index in [0.717, 1.165) is 30.5 Å². The van der Waals surface area contributed by atoms with E-state index in [2.05, 4.69) is 39.7 Å². The number of nitrogens with zero attached hydrogens (tertiary/aromatic N) is 2. The molecule has 1 atom stereocenters. The normalized spacial score (nSPS) is 19.8. The van der Waals surface area contributed by atoms with Gasteiger partial charge in [0.1, 0.15) is 0 Å². The lowest BCUT2D eigenvalue weighted by molar-refractivity contribution is 0.309. The van der Waals surface area contributed by atoms with Crippen LogP contribution in [0.4, 0.5) is 0 Å². The molecule has 2 N–H and O–H groups in total. The van der Waals surface area contributed by atoms with E-state index in [1.165, 1.54) is 24.9 Å². The van der Waals surface area contributed by atoms with Gasteiger partial charge < -0.3 is 15.5 Å². The Bertz CT molecular complexity index is 458. The molecule has 21 heavy (non-hydrogen) atoms. The van der Waals surface area contributed by atoms with E-state index in [9.17, 15) is 0 Å². The predicted octanol–water partition coefficient (Wildman–Crippen LogP) is 2.14. The Balaban J connectivity index is 1.69. The minimum Gasteiger partial charge on any atom is -0.356 e. The molecule has 0 aliphatic carbocycles. The van der Waals surface area contributed by atoms with E-state index in [1.54, 1.807) is 0 Å². The Kier molecular flexibility index (Phi) is 6.33. The molecule has 1 unspecified atom stereocenters. The van der Waals surface area contributed by atoms with Gasteiger partial charge in [0, 0.05) is 31.2 Å². The highest BCUT2D eigenvalue weighted by Crippen LogP contribution is 2.13. The number of guanidine groups is 1. The van der Waals surface area contributed by atoms with E-state index >= 15 is 0 Å². The maximum atomic E-state index is 5.89. The molecule has 0 bridgehead atoms. The van der Waals surface area contributed by atoms with E-state index in [0.29, 0.717) is 6.04 Å². The van der Waals surface area contributed by atoms with Crippen molar-refractivity contribution in [3.05, 3.63) is 34.9 Å². The largest absolute Gasteiger partial charge is 0.356 e. The molecule has 1 aliphatic heterocycles. The summed E-state index contributed by atoms with van der Waals surface area (Å²) in [5.41, 5.74) is 1.28. The van der Waals surface area contributed by atoms with Crippen LogP contribution in [0.25, 0.3) is 0 Å². The molecule has 0 amide bonds. The molecule has 1 heterocycles. The van der Waals surface area contributed by atoms with E-state index < -0.39 is 0 Å². The second-order valence-electron chi connectivity index (χ2n) is 5.53. The fourth-order valence-corrected chi connectivity index (χ4v) is 2.77. The lowest BCUT2D eigenvalue weighted by atomic mass is 10.1. The van der Waals surface area contributed by atoms with Gasteiger partial charge in [0.05, 0.1) is 0 Å². The van der Waals surface area contributed by atoms with Gasteiger partial charge >= 0.3 is 0 Å². The number of aliphatic imine (C=N–C) groups is 1. The van der Waals surface area contributed by atoms with Crippen molar-refractivity contribution >= 4 is 17.6 Å². The summed E-state index contributed by atoms with van der Waals surface area (Å²) in [4.78, 5) is 6.68. The first-order chi connectivity index (χ1) is 10.2. The second kappa shape index (κ2) is 8.25. The third-order valence-electron chi connectivity index (χ3n) is 4.02. The summed E-state index contributed by atoms with van der Waals surface area (Å²) in [5.74, 6) is 0.879. The molecule has 0 spiro atoms. The van der Waals surface area contributed by atoms with E-state index in [4.69, 9.17) is 11.6 Å². The zero-order chi connectivity index (χ0) is 15.1. The Morgan fingerprint density at radius 3 is 2.71 bits per heavy atom. The van der Waals surface area contributed by atoms with Crippen molar-refractivity contribution in [2.24, 2.45) is 4.99 Å². The van der Waals surface area contributed by atoms with Crippen LogP contribution in [0.1, 0.15) is 18.4 Å². The molecule has 4 nitrogen and oxygen atoms in total. The average molecular weight is 309 g/mol. The van der Waals surface area contributed by atoms with Crippen LogP contribution in [0.15, 0.2) is 29.3 Å². The quantitative estimate of drug-likeness (QED) is 0.647. The maximum absolute atomic E-state index is 5.89. The molecular formula is C16H25ClN4. The Hall–Kier alpha value is -1.26. The molecular weight excluding hydrogens is 284 g/mol. The highest BCUT2D eigenvalue weighted by molar-refractivity contribution is 6.30. The summed E-state index contributed by atoms with van der Waals surface area (Å²) in [6.45, 7) is 3.02. The van der Waals surface area contributed by atoms with Crippen molar-refractivity contribution in [2.45, 2.75) is 25.3 Å². The topological polar surface area (TPSA) is 39.7 Å². The van der Waals surface area contributed by atoms with Crippen molar-refractivity contribution in [3.63, 3.8) is 0 Å². The zero-order valence-corrected chi connectivity index (χ0v) is 13.7. The minimum atomic E-state index is 0.625. The summed E-state index contributed by atoms with van der Waals surface area (Å²) in [6, 6.07) is 8.61. The van der Waals surface area contributed by atoms with Crippen LogP contribution in [0.2, 0.25) is 5.02 Å². The first-order valence-corrected chi connectivity index (χ1v) is 7.96. The van der Waals surface area contributed by atoms with Gasteiger partial charge in [-0.15, -0.1) is 0 Å². The fraction of sp³-hybridized carbons (Fsp3) is 0.562. The van der Waals surface area contributed by atoms with Crippen molar-refractivity contribution < 1.29 is 0 Å². The molecule has 5 heteroatoms. The van der Waals surface area contributed by atoms with Crippen LogP contribution in [0, 0.1) is 0 Å². The molecule has 2 rings (SSSR count). The van der Waals surface area contributed by atoms with Gasteiger partial charge in [-0.25, -0.2) is 0 Å². The monoisotopic (exact) mass is 308 g/mol. The molecule has 1 aromatic rings. The number of hydrogen-bond donors (Lipinski definition) is 2. The zero-order valence-electron chi connectivity index (χ0n) is 12.9. The Morgan fingerprint density at radius 2 is 2.10 bits per heavy atom. The van der Waals surface area contributed by atoms with Gasteiger partial charge in [0.15, 0.2) is 5.96 Å². The lowest BCUT2D eigenvalue weighted by Gasteiger charge is -2.21. The van der Waals surface area contributed by atoms with Crippen LogP contribution in [0.5, 0.6) is 0 Å². The van der Waals surface area contributed by atoms with E-state index in [-0.39, 0.29) is 0 Å². The maximum Gasteiger partial charge on any atom is 0.191 e. The first kappa shape index (κ1) is 16.1. The molecule has 1 saturated heterocycles. The van der Waals surface area contributed by atoms with Gasteiger partial charge in [-0.2, -0.15) is 0 Å². The van der Waals surface area contributed by atoms with Gasteiger partial charge in [-0.05, 0) is 50.6 Å². The Morgan fingerprint density at radius 1 is 1.33 bits per heavy atom. The average Bonchev–Trinajstić information content (AvgIpc) is 2.90.